The Morgan fingerprint density at radius 2 is 2.06 bits per heavy atom. The van der Waals surface area contributed by atoms with E-state index in [-0.39, 0.29) is 0 Å². The SMILES string of the molecule is CCCCOCCOc1ccc(N)c(Cl)c1. The average Bonchev–Trinajstić information content (AvgIpc) is 2.28. The van der Waals surface area contributed by atoms with Crippen LogP contribution in [0.2, 0.25) is 5.02 Å². The summed E-state index contributed by atoms with van der Waals surface area (Å²) in [5.74, 6) is 0.721. The fourth-order valence-corrected chi connectivity index (χ4v) is 1.34. The number of rotatable bonds is 7. The highest BCUT2D eigenvalue weighted by Gasteiger charge is 1.99. The Labute approximate surface area is 101 Å². The predicted octanol–water partition coefficient (Wildman–Crippen LogP) is 3.12. The van der Waals surface area contributed by atoms with E-state index in [1.165, 1.54) is 0 Å². The van der Waals surface area contributed by atoms with Crippen molar-refractivity contribution in [3.8, 4) is 5.75 Å². The average molecular weight is 244 g/mol. The van der Waals surface area contributed by atoms with E-state index in [9.17, 15) is 0 Å². The van der Waals surface area contributed by atoms with Crippen molar-refractivity contribution in [1.29, 1.82) is 0 Å². The molecule has 0 aromatic heterocycles. The lowest BCUT2D eigenvalue weighted by Gasteiger charge is -2.07. The highest BCUT2D eigenvalue weighted by atomic mass is 35.5. The quantitative estimate of drug-likeness (QED) is 0.591. The van der Waals surface area contributed by atoms with Crippen molar-refractivity contribution in [2.75, 3.05) is 25.6 Å². The van der Waals surface area contributed by atoms with Crippen molar-refractivity contribution >= 4 is 17.3 Å². The number of unbranched alkanes of at least 4 members (excludes halogenated alkanes) is 1. The first kappa shape index (κ1) is 13.1. The van der Waals surface area contributed by atoms with Crippen LogP contribution >= 0.6 is 11.6 Å². The minimum Gasteiger partial charge on any atom is -0.491 e. The molecular weight excluding hydrogens is 226 g/mol. The van der Waals surface area contributed by atoms with Crippen LogP contribution in [0.3, 0.4) is 0 Å². The Kier molecular flexibility index (Phi) is 6.04. The van der Waals surface area contributed by atoms with Crippen LogP contribution in [-0.4, -0.2) is 19.8 Å². The topological polar surface area (TPSA) is 44.5 Å². The number of nitrogen functional groups attached to an aromatic ring is 1. The van der Waals surface area contributed by atoms with Gasteiger partial charge in [0.1, 0.15) is 12.4 Å². The van der Waals surface area contributed by atoms with Crippen molar-refractivity contribution in [2.24, 2.45) is 0 Å². The molecule has 0 radical (unpaired) electrons. The van der Waals surface area contributed by atoms with Gasteiger partial charge in [-0.1, -0.05) is 24.9 Å². The summed E-state index contributed by atoms with van der Waals surface area (Å²) in [6, 6.07) is 5.24. The van der Waals surface area contributed by atoms with Crippen molar-refractivity contribution < 1.29 is 9.47 Å². The van der Waals surface area contributed by atoms with Gasteiger partial charge in [-0.05, 0) is 18.6 Å². The second-order valence-corrected chi connectivity index (χ2v) is 3.90. The van der Waals surface area contributed by atoms with Gasteiger partial charge in [0.15, 0.2) is 0 Å². The highest BCUT2D eigenvalue weighted by molar-refractivity contribution is 6.33. The summed E-state index contributed by atoms with van der Waals surface area (Å²) in [6.45, 7) is 4.06. The second-order valence-electron chi connectivity index (χ2n) is 3.50. The summed E-state index contributed by atoms with van der Waals surface area (Å²) in [7, 11) is 0. The Bertz CT molecular complexity index is 318. The molecule has 0 aliphatic carbocycles. The fourth-order valence-electron chi connectivity index (χ4n) is 1.16. The van der Waals surface area contributed by atoms with Crippen LogP contribution in [0.5, 0.6) is 5.75 Å². The lowest BCUT2D eigenvalue weighted by atomic mass is 10.3. The molecule has 2 N–H and O–H groups in total. The van der Waals surface area contributed by atoms with E-state index in [1.807, 2.05) is 0 Å². The fraction of sp³-hybridized carbons (Fsp3) is 0.500. The van der Waals surface area contributed by atoms with E-state index >= 15 is 0 Å². The molecule has 0 spiro atoms. The van der Waals surface area contributed by atoms with Crippen LogP contribution in [0.1, 0.15) is 19.8 Å². The minimum absolute atomic E-state index is 0.518. The van der Waals surface area contributed by atoms with Crippen molar-refractivity contribution in [1.82, 2.24) is 0 Å². The zero-order valence-corrected chi connectivity index (χ0v) is 10.3. The molecule has 0 atom stereocenters. The molecule has 1 rings (SSSR count). The van der Waals surface area contributed by atoms with Gasteiger partial charge in [-0.15, -0.1) is 0 Å². The van der Waals surface area contributed by atoms with E-state index in [0.29, 0.717) is 23.9 Å². The molecule has 3 nitrogen and oxygen atoms in total. The van der Waals surface area contributed by atoms with Crippen LogP contribution < -0.4 is 10.5 Å². The van der Waals surface area contributed by atoms with E-state index in [4.69, 9.17) is 26.8 Å². The number of hydrogen-bond donors (Lipinski definition) is 1. The summed E-state index contributed by atoms with van der Waals surface area (Å²) in [5.41, 5.74) is 6.15. The number of ether oxygens (including phenoxy) is 2. The lowest BCUT2D eigenvalue weighted by molar-refractivity contribution is 0.0981. The molecule has 4 heteroatoms. The smallest absolute Gasteiger partial charge is 0.121 e. The molecule has 90 valence electrons. The van der Waals surface area contributed by atoms with Crippen molar-refractivity contribution in [2.45, 2.75) is 19.8 Å². The molecule has 0 bridgehead atoms. The molecule has 1 aromatic carbocycles. The molecule has 0 saturated heterocycles. The number of benzene rings is 1. The Hall–Kier alpha value is -0.930. The third-order valence-corrected chi connectivity index (χ3v) is 2.44. The van der Waals surface area contributed by atoms with E-state index in [2.05, 4.69) is 6.92 Å². The number of hydrogen-bond acceptors (Lipinski definition) is 3. The van der Waals surface area contributed by atoms with Crippen LogP contribution in [0.15, 0.2) is 18.2 Å². The highest BCUT2D eigenvalue weighted by Crippen LogP contribution is 2.23. The van der Waals surface area contributed by atoms with Crippen LogP contribution in [0, 0.1) is 0 Å². The standard InChI is InChI=1S/C12H18ClNO2/c1-2-3-6-15-7-8-16-10-4-5-12(14)11(13)9-10/h4-5,9H,2-3,6-8,14H2,1H3. The van der Waals surface area contributed by atoms with E-state index in [1.54, 1.807) is 18.2 Å². The first-order valence-electron chi connectivity index (χ1n) is 5.49. The molecule has 0 saturated carbocycles. The van der Waals surface area contributed by atoms with Crippen LogP contribution in [0.25, 0.3) is 0 Å². The van der Waals surface area contributed by atoms with Gasteiger partial charge < -0.3 is 15.2 Å². The molecular formula is C12H18ClNO2. The summed E-state index contributed by atoms with van der Waals surface area (Å²) in [5, 5.41) is 0.518. The zero-order valence-electron chi connectivity index (χ0n) is 9.54. The van der Waals surface area contributed by atoms with Gasteiger partial charge in [0, 0.05) is 12.7 Å². The van der Waals surface area contributed by atoms with Gasteiger partial charge >= 0.3 is 0 Å². The Balaban J connectivity index is 2.19. The summed E-state index contributed by atoms with van der Waals surface area (Å²) in [6.07, 6.45) is 2.24. The monoisotopic (exact) mass is 243 g/mol. The maximum Gasteiger partial charge on any atom is 0.121 e. The summed E-state index contributed by atoms with van der Waals surface area (Å²) in [4.78, 5) is 0. The van der Waals surface area contributed by atoms with Gasteiger partial charge in [0.25, 0.3) is 0 Å². The molecule has 0 aliphatic heterocycles. The van der Waals surface area contributed by atoms with Gasteiger partial charge in [-0.3, -0.25) is 0 Å². The van der Waals surface area contributed by atoms with Gasteiger partial charge in [-0.2, -0.15) is 0 Å². The predicted molar refractivity (Wildman–Crippen MR) is 67.1 cm³/mol. The molecule has 0 heterocycles. The summed E-state index contributed by atoms with van der Waals surface area (Å²) < 4.78 is 10.8. The molecule has 0 unspecified atom stereocenters. The van der Waals surface area contributed by atoms with E-state index in [0.717, 1.165) is 25.2 Å². The number of nitrogens with two attached hydrogens (primary N) is 1. The molecule has 16 heavy (non-hydrogen) atoms. The van der Waals surface area contributed by atoms with Gasteiger partial charge in [-0.25, -0.2) is 0 Å². The Morgan fingerprint density at radius 1 is 1.25 bits per heavy atom. The maximum absolute atomic E-state index is 5.86. The molecule has 0 aliphatic rings. The first-order chi connectivity index (χ1) is 7.74. The second kappa shape index (κ2) is 7.36. The Morgan fingerprint density at radius 3 is 2.75 bits per heavy atom. The minimum atomic E-state index is 0.518. The van der Waals surface area contributed by atoms with E-state index < -0.39 is 0 Å². The number of anilines is 1. The number of halogens is 1. The maximum atomic E-state index is 5.86. The van der Waals surface area contributed by atoms with Gasteiger partial charge in [0.2, 0.25) is 0 Å². The lowest BCUT2D eigenvalue weighted by Crippen LogP contribution is -2.07. The largest absolute Gasteiger partial charge is 0.491 e. The van der Waals surface area contributed by atoms with Crippen molar-refractivity contribution in [3.05, 3.63) is 23.2 Å². The van der Waals surface area contributed by atoms with Crippen molar-refractivity contribution in [3.63, 3.8) is 0 Å². The first-order valence-corrected chi connectivity index (χ1v) is 5.87. The van der Waals surface area contributed by atoms with Crippen LogP contribution in [-0.2, 0) is 4.74 Å². The third kappa shape index (κ3) is 4.73. The van der Waals surface area contributed by atoms with Crippen LogP contribution in [0.4, 0.5) is 5.69 Å². The van der Waals surface area contributed by atoms with Gasteiger partial charge in [0.05, 0.1) is 17.3 Å². The zero-order chi connectivity index (χ0) is 11.8. The molecule has 1 aromatic rings. The molecule has 0 amide bonds. The summed E-state index contributed by atoms with van der Waals surface area (Å²) >= 11 is 5.86. The normalized spacial score (nSPS) is 10.4. The molecule has 0 fully saturated rings. The third-order valence-electron chi connectivity index (χ3n) is 2.11.